The van der Waals surface area contributed by atoms with Crippen molar-refractivity contribution in [2.45, 2.75) is 13.3 Å². The first-order chi connectivity index (χ1) is 15.2. The molecule has 0 spiro atoms. The molecule has 1 amide bonds. The van der Waals surface area contributed by atoms with Crippen molar-refractivity contribution in [3.05, 3.63) is 88.4 Å². The van der Waals surface area contributed by atoms with E-state index < -0.39 is 17.5 Å². The molecular formula is C24H19F2N3O3. The van der Waals surface area contributed by atoms with Crippen molar-refractivity contribution in [1.82, 2.24) is 4.57 Å². The number of carbonyl (C=O) groups is 1. The van der Waals surface area contributed by atoms with Crippen LogP contribution in [-0.2, 0) is 18.3 Å². The maximum absolute atomic E-state index is 14.2. The summed E-state index contributed by atoms with van der Waals surface area (Å²) in [6.45, 7) is 5.22. The number of nitrogens with one attached hydrogen (secondary N) is 1. The molecule has 1 heterocycles. The van der Waals surface area contributed by atoms with Crippen LogP contribution in [0.25, 0.3) is 11.1 Å². The van der Waals surface area contributed by atoms with Gasteiger partial charge in [0.2, 0.25) is 0 Å². The van der Waals surface area contributed by atoms with Crippen molar-refractivity contribution < 1.29 is 18.3 Å². The van der Waals surface area contributed by atoms with Gasteiger partial charge in [0, 0.05) is 41.7 Å². The molecule has 0 saturated carbocycles. The number of rotatable bonds is 6. The minimum Gasteiger partial charge on any atom is -0.454 e. The van der Waals surface area contributed by atoms with E-state index >= 15 is 0 Å². The lowest BCUT2D eigenvalue weighted by Gasteiger charge is -2.15. The topological polar surface area (TPSA) is 84.1 Å². The van der Waals surface area contributed by atoms with Crippen molar-refractivity contribution in [2.24, 2.45) is 7.05 Å². The summed E-state index contributed by atoms with van der Waals surface area (Å²) in [4.78, 5) is 24.4. The molecule has 0 aliphatic heterocycles. The number of hydrogen-bond donors (Lipinski definition) is 1. The molecule has 3 aromatic rings. The number of anilines is 1. The largest absolute Gasteiger partial charge is 0.454 e. The molecular weight excluding hydrogens is 416 g/mol. The van der Waals surface area contributed by atoms with Gasteiger partial charge in [0.05, 0.1) is 0 Å². The van der Waals surface area contributed by atoms with E-state index in [4.69, 9.17) is 10.00 Å². The number of aryl methyl sites for hydroxylation is 2. The Morgan fingerprint density at radius 2 is 1.91 bits per heavy atom. The molecule has 0 aliphatic rings. The van der Waals surface area contributed by atoms with Gasteiger partial charge in [-0.3, -0.25) is 9.59 Å². The summed E-state index contributed by atoms with van der Waals surface area (Å²) < 4.78 is 34.6. The quantitative estimate of drug-likeness (QED) is 0.449. The van der Waals surface area contributed by atoms with E-state index in [1.54, 1.807) is 31.4 Å². The van der Waals surface area contributed by atoms with Gasteiger partial charge >= 0.3 is 0 Å². The van der Waals surface area contributed by atoms with Crippen LogP contribution in [0.3, 0.4) is 0 Å². The number of aromatic nitrogens is 1. The predicted octanol–water partition coefficient (Wildman–Crippen LogP) is 4.70. The number of nitriles is 1. The zero-order chi connectivity index (χ0) is 23.4. The second-order valence-corrected chi connectivity index (χ2v) is 6.96. The highest BCUT2D eigenvalue weighted by atomic mass is 19.1. The highest BCUT2D eigenvalue weighted by molar-refractivity contribution is 6.06. The van der Waals surface area contributed by atoms with Crippen molar-refractivity contribution in [2.75, 3.05) is 5.32 Å². The molecule has 1 N–H and O–H groups in total. The molecule has 2 aromatic carbocycles. The number of ether oxygens (including phenoxy) is 1. The highest BCUT2D eigenvalue weighted by Gasteiger charge is 2.16. The molecule has 1 aromatic heterocycles. The van der Waals surface area contributed by atoms with Gasteiger partial charge < -0.3 is 14.6 Å². The van der Waals surface area contributed by atoms with Crippen LogP contribution in [0.1, 0.15) is 12.5 Å². The third-order valence-corrected chi connectivity index (χ3v) is 4.71. The molecule has 0 bridgehead atoms. The minimum absolute atomic E-state index is 0.155. The number of carbonyl (C=O) groups excluding carboxylic acids is 1. The van der Waals surface area contributed by atoms with Crippen LogP contribution in [0.4, 0.5) is 14.5 Å². The van der Waals surface area contributed by atoms with Gasteiger partial charge in [-0.1, -0.05) is 13.5 Å². The number of amides is 1. The Labute approximate surface area is 183 Å². The van der Waals surface area contributed by atoms with Crippen molar-refractivity contribution in [3.8, 4) is 28.7 Å². The lowest BCUT2D eigenvalue weighted by molar-refractivity contribution is -0.112. The van der Waals surface area contributed by atoms with Crippen LogP contribution in [0, 0.1) is 23.0 Å². The normalized spacial score (nSPS) is 10.3. The summed E-state index contributed by atoms with van der Waals surface area (Å²) in [5.41, 5.74) is 1.49. The average Bonchev–Trinajstić information content (AvgIpc) is 2.77. The van der Waals surface area contributed by atoms with Gasteiger partial charge in [-0.15, -0.1) is 0 Å². The first-order valence-electron chi connectivity index (χ1n) is 9.60. The van der Waals surface area contributed by atoms with Crippen LogP contribution >= 0.6 is 0 Å². The monoisotopic (exact) mass is 435 g/mol. The second-order valence-electron chi connectivity index (χ2n) is 6.96. The van der Waals surface area contributed by atoms with Gasteiger partial charge in [-0.25, -0.2) is 8.78 Å². The number of halogens is 2. The summed E-state index contributed by atoms with van der Waals surface area (Å²) in [5.74, 6) is -2.27. The fourth-order valence-electron chi connectivity index (χ4n) is 3.04. The standard InChI is InChI=1S/C24H19F2N3O3/c1-4-15-9-16(13-29(3)24(15)31)19-11-18(28-23(30)14(2)12-27)6-8-21(19)32-22-7-5-17(25)10-20(22)26/h5-11,13H,2,4H2,1,3H3,(H,28,30). The van der Waals surface area contributed by atoms with Gasteiger partial charge in [-0.05, 0) is 42.8 Å². The molecule has 0 atom stereocenters. The minimum atomic E-state index is -0.881. The zero-order valence-electron chi connectivity index (χ0n) is 17.4. The molecule has 8 heteroatoms. The lowest BCUT2D eigenvalue weighted by Crippen LogP contribution is -2.20. The molecule has 32 heavy (non-hydrogen) atoms. The van der Waals surface area contributed by atoms with Crippen molar-refractivity contribution in [1.29, 1.82) is 5.26 Å². The van der Waals surface area contributed by atoms with Crippen molar-refractivity contribution >= 4 is 11.6 Å². The van der Waals surface area contributed by atoms with E-state index in [-0.39, 0.29) is 22.6 Å². The maximum Gasteiger partial charge on any atom is 0.265 e. The maximum atomic E-state index is 14.2. The van der Waals surface area contributed by atoms with Crippen LogP contribution in [0.5, 0.6) is 11.5 Å². The number of nitrogens with zero attached hydrogens (tertiary/aromatic N) is 2. The number of benzene rings is 2. The lowest BCUT2D eigenvalue weighted by atomic mass is 10.0. The molecule has 0 aliphatic carbocycles. The molecule has 0 saturated heterocycles. The molecule has 3 rings (SSSR count). The fraction of sp³-hybridized carbons (Fsp3) is 0.125. The highest BCUT2D eigenvalue weighted by Crippen LogP contribution is 2.36. The second kappa shape index (κ2) is 9.27. The zero-order valence-corrected chi connectivity index (χ0v) is 17.4. The summed E-state index contributed by atoms with van der Waals surface area (Å²) >= 11 is 0. The summed E-state index contributed by atoms with van der Waals surface area (Å²) in [6, 6.07) is 10.9. The Hall–Kier alpha value is -4.25. The first-order valence-corrected chi connectivity index (χ1v) is 9.60. The van der Waals surface area contributed by atoms with Crippen LogP contribution in [-0.4, -0.2) is 10.5 Å². The van der Waals surface area contributed by atoms with Gasteiger partial charge in [-0.2, -0.15) is 5.26 Å². The van der Waals surface area contributed by atoms with Gasteiger partial charge in [0.25, 0.3) is 11.5 Å². The fourth-order valence-corrected chi connectivity index (χ4v) is 3.04. The van der Waals surface area contributed by atoms with Crippen molar-refractivity contribution in [3.63, 3.8) is 0 Å². The summed E-state index contributed by atoms with van der Waals surface area (Å²) in [5, 5.41) is 11.4. The SMILES string of the molecule is C=C(C#N)C(=O)Nc1ccc(Oc2ccc(F)cc2F)c(-c2cc(CC)c(=O)n(C)c2)c1. The molecule has 0 fully saturated rings. The van der Waals surface area contributed by atoms with E-state index in [1.807, 2.05) is 6.92 Å². The Kier molecular flexibility index (Phi) is 6.50. The van der Waals surface area contributed by atoms with Gasteiger partial charge in [0.1, 0.15) is 23.2 Å². The Balaban J connectivity index is 2.13. The molecule has 0 unspecified atom stereocenters. The van der Waals surface area contributed by atoms with E-state index in [0.717, 1.165) is 6.07 Å². The van der Waals surface area contributed by atoms with E-state index in [9.17, 15) is 18.4 Å². The number of hydrogen-bond acceptors (Lipinski definition) is 4. The number of pyridine rings is 1. The molecule has 0 radical (unpaired) electrons. The predicted molar refractivity (Wildman–Crippen MR) is 116 cm³/mol. The van der Waals surface area contributed by atoms with E-state index in [0.29, 0.717) is 34.9 Å². The van der Waals surface area contributed by atoms with E-state index in [2.05, 4.69) is 11.9 Å². The Bertz CT molecular complexity index is 1320. The average molecular weight is 435 g/mol. The molecule has 6 nitrogen and oxygen atoms in total. The molecule has 162 valence electrons. The third kappa shape index (κ3) is 4.73. The summed E-state index contributed by atoms with van der Waals surface area (Å²) in [7, 11) is 1.60. The van der Waals surface area contributed by atoms with Gasteiger partial charge in [0.15, 0.2) is 11.6 Å². The van der Waals surface area contributed by atoms with Crippen LogP contribution < -0.4 is 15.6 Å². The Morgan fingerprint density at radius 3 is 2.56 bits per heavy atom. The third-order valence-electron chi connectivity index (χ3n) is 4.71. The smallest absolute Gasteiger partial charge is 0.265 e. The van der Waals surface area contributed by atoms with E-state index in [1.165, 1.54) is 22.8 Å². The first kappa shape index (κ1) is 22.4. The Morgan fingerprint density at radius 1 is 1.19 bits per heavy atom. The summed E-state index contributed by atoms with van der Waals surface area (Å²) in [6.07, 6.45) is 2.08. The van der Waals surface area contributed by atoms with Crippen LogP contribution in [0.2, 0.25) is 0 Å². The van der Waals surface area contributed by atoms with Crippen LogP contribution in [0.15, 0.2) is 65.6 Å².